The molecule has 0 amide bonds. The Kier molecular flexibility index (Phi) is 8.49. The summed E-state index contributed by atoms with van der Waals surface area (Å²) in [5.41, 5.74) is 0.714. The van der Waals surface area contributed by atoms with Gasteiger partial charge in [-0.1, -0.05) is 33.3 Å². The summed E-state index contributed by atoms with van der Waals surface area (Å²) in [5, 5.41) is 11.3. The minimum atomic E-state index is -0.174. The normalized spacial score (nSPS) is 10.4. The zero-order chi connectivity index (χ0) is 10.6. The number of hydrogen-bond acceptors (Lipinski definition) is 2. The number of hydrogen-bond donors (Lipinski definition) is 0. The van der Waals surface area contributed by atoms with Crippen LogP contribution in [0.1, 0.15) is 41.5 Å². The van der Waals surface area contributed by atoms with Crippen LogP contribution in [0.5, 0.6) is 0 Å². The maximum atomic E-state index is 11.3. The van der Waals surface area contributed by atoms with Gasteiger partial charge in [-0.15, -0.1) is 0 Å². The topological polar surface area (TPSA) is 32.3 Å². The van der Waals surface area contributed by atoms with Crippen LogP contribution in [-0.4, -0.2) is 6.10 Å². The van der Waals surface area contributed by atoms with Crippen molar-refractivity contribution in [2.75, 3.05) is 0 Å². The summed E-state index contributed by atoms with van der Waals surface area (Å²) in [6, 6.07) is 0. The molecule has 2 nitrogen and oxygen atoms in total. The van der Waals surface area contributed by atoms with E-state index in [1.807, 2.05) is 0 Å². The first-order valence-corrected chi connectivity index (χ1v) is 4.87. The smallest absolute Gasteiger partial charge is 0.609 e. The van der Waals surface area contributed by atoms with Gasteiger partial charge in [-0.3, -0.25) is 0 Å². The summed E-state index contributed by atoms with van der Waals surface area (Å²) in [4.78, 5) is 0. The van der Waals surface area contributed by atoms with Crippen molar-refractivity contribution in [1.82, 2.24) is 0 Å². The van der Waals surface area contributed by atoms with E-state index in [0.717, 1.165) is 0 Å². The molecule has 0 bridgehead atoms. The Labute approximate surface area is 99.9 Å². The number of ether oxygens (including phenoxy) is 1. The van der Waals surface area contributed by atoms with E-state index in [0.29, 0.717) is 17.4 Å². The fourth-order valence-corrected chi connectivity index (χ4v) is 1.28. The van der Waals surface area contributed by atoms with Crippen LogP contribution < -0.4 is 24.0 Å². The van der Waals surface area contributed by atoms with Crippen molar-refractivity contribution >= 4 is 0 Å². The molecule has 0 heterocycles. The molecule has 14 heavy (non-hydrogen) atoms. The Hall–Kier alpha value is -0.0626. The van der Waals surface area contributed by atoms with Crippen LogP contribution in [0.3, 0.4) is 0 Å². The Morgan fingerprint density at radius 1 is 1.00 bits per heavy atom. The van der Waals surface area contributed by atoms with Crippen molar-refractivity contribution in [3.05, 3.63) is 11.5 Å². The first-order valence-electron chi connectivity index (χ1n) is 4.87. The minimum Gasteiger partial charge on any atom is -0.609 e. The second kappa shape index (κ2) is 7.26. The second-order valence-corrected chi connectivity index (χ2v) is 4.36. The third-order valence-electron chi connectivity index (χ3n) is 1.97. The Balaban J connectivity index is 0. The van der Waals surface area contributed by atoms with Gasteiger partial charge >= 0.3 is 18.9 Å². The third-order valence-corrected chi connectivity index (χ3v) is 1.97. The molecular formula is C11H21LiO2. The molecule has 0 rings (SSSR count). The zero-order valence-electron chi connectivity index (χ0n) is 10.5. The minimum absolute atomic E-state index is 0. The fraction of sp³-hybridized carbons (Fsp3) is 0.818. The van der Waals surface area contributed by atoms with Crippen LogP contribution in [0, 0.1) is 11.8 Å². The van der Waals surface area contributed by atoms with Gasteiger partial charge in [0.2, 0.25) is 0 Å². The quantitative estimate of drug-likeness (QED) is 0.436. The molecule has 0 aromatic carbocycles. The summed E-state index contributed by atoms with van der Waals surface area (Å²) >= 11 is 0. The molecule has 0 N–H and O–H groups in total. The van der Waals surface area contributed by atoms with Crippen molar-refractivity contribution in [2.24, 2.45) is 11.8 Å². The van der Waals surface area contributed by atoms with Crippen molar-refractivity contribution in [2.45, 2.75) is 47.6 Å². The SMILES string of the molecule is CC(C)=C([O-])OC(C(C)C)C(C)C.[Li+]. The molecule has 0 unspecified atom stereocenters. The van der Waals surface area contributed by atoms with Gasteiger partial charge in [-0.05, 0) is 25.7 Å². The molecule has 0 aliphatic rings. The molecule has 78 valence electrons. The molecule has 0 saturated heterocycles. The Bertz CT molecular complexity index is 174. The van der Waals surface area contributed by atoms with Crippen LogP contribution in [-0.2, 0) is 4.74 Å². The van der Waals surface area contributed by atoms with E-state index in [2.05, 4.69) is 27.7 Å². The molecule has 3 heteroatoms. The van der Waals surface area contributed by atoms with E-state index in [1.54, 1.807) is 13.8 Å². The molecule has 0 spiro atoms. The largest absolute Gasteiger partial charge is 1.00 e. The van der Waals surface area contributed by atoms with E-state index < -0.39 is 0 Å². The van der Waals surface area contributed by atoms with Gasteiger partial charge in [-0.25, -0.2) is 0 Å². The van der Waals surface area contributed by atoms with E-state index >= 15 is 0 Å². The molecular weight excluding hydrogens is 171 g/mol. The zero-order valence-corrected chi connectivity index (χ0v) is 10.5. The van der Waals surface area contributed by atoms with Crippen LogP contribution in [0.2, 0.25) is 0 Å². The van der Waals surface area contributed by atoms with Gasteiger partial charge in [-0.2, -0.15) is 0 Å². The fourth-order valence-electron chi connectivity index (χ4n) is 1.28. The molecule has 0 radical (unpaired) electrons. The second-order valence-electron chi connectivity index (χ2n) is 4.36. The monoisotopic (exact) mass is 192 g/mol. The van der Waals surface area contributed by atoms with Crippen molar-refractivity contribution in [3.8, 4) is 0 Å². The van der Waals surface area contributed by atoms with Crippen molar-refractivity contribution in [1.29, 1.82) is 0 Å². The van der Waals surface area contributed by atoms with Gasteiger partial charge in [0.05, 0.1) is 5.95 Å². The number of rotatable bonds is 4. The van der Waals surface area contributed by atoms with Crippen molar-refractivity contribution < 1.29 is 28.7 Å². The molecule has 0 fully saturated rings. The Morgan fingerprint density at radius 2 is 1.36 bits per heavy atom. The van der Waals surface area contributed by atoms with E-state index in [-0.39, 0.29) is 30.9 Å². The summed E-state index contributed by atoms with van der Waals surface area (Å²) in [7, 11) is 0. The first-order chi connectivity index (χ1) is 5.86. The Morgan fingerprint density at radius 3 is 1.57 bits per heavy atom. The maximum absolute atomic E-state index is 11.3. The summed E-state index contributed by atoms with van der Waals surface area (Å²) < 4.78 is 5.36. The van der Waals surface area contributed by atoms with Gasteiger partial charge in [0, 0.05) is 6.10 Å². The molecule has 0 saturated carbocycles. The van der Waals surface area contributed by atoms with Crippen LogP contribution in [0.4, 0.5) is 0 Å². The molecule has 0 aromatic rings. The van der Waals surface area contributed by atoms with Gasteiger partial charge in [0.15, 0.2) is 0 Å². The molecule has 0 aliphatic carbocycles. The first kappa shape index (κ1) is 16.4. The predicted octanol–water partition coefficient (Wildman–Crippen LogP) is -0.701. The average molecular weight is 192 g/mol. The van der Waals surface area contributed by atoms with Crippen LogP contribution in [0.25, 0.3) is 0 Å². The van der Waals surface area contributed by atoms with E-state index in [9.17, 15) is 5.11 Å². The molecule has 0 aromatic heterocycles. The average Bonchev–Trinajstić information content (AvgIpc) is 1.97. The maximum Gasteiger partial charge on any atom is 1.00 e. The van der Waals surface area contributed by atoms with E-state index in [1.165, 1.54) is 0 Å². The van der Waals surface area contributed by atoms with Crippen LogP contribution in [0.15, 0.2) is 11.5 Å². The van der Waals surface area contributed by atoms with E-state index in [4.69, 9.17) is 4.74 Å². The van der Waals surface area contributed by atoms with Gasteiger partial charge in [0.1, 0.15) is 0 Å². The van der Waals surface area contributed by atoms with Crippen LogP contribution >= 0.6 is 0 Å². The predicted molar refractivity (Wildman–Crippen MR) is 52.9 cm³/mol. The third kappa shape index (κ3) is 5.62. The standard InChI is InChI=1S/C11H22O2.Li/c1-7(2)10(8(3)4)13-11(12)9(5)6;/h7-8,10,12H,1-6H3;/q;+1/p-1. The van der Waals surface area contributed by atoms with Gasteiger partial charge in [0.25, 0.3) is 0 Å². The summed E-state index contributed by atoms with van der Waals surface area (Å²) in [6.45, 7) is 11.8. The molecule has 0 aliphatic heterocycles. The van der Waals surface area contributed by atoms with Gasteiger partial charge < -0.3 is 9.84 Å². The summed E-state index contributed by atoms with van der Waals surface area (Å²) in [6.07, 6.45) is 0.0300. The summed E-state index contributed by atoms with van der Waals surface area (Å²) in [5.74, 6) is 0.582. The molecule has 0 atom stereocenters. The number of allylic oxidation sites excluding steroid dienone is 1. The van der Waals surface area contributed by atoms with Crippen molar-refractivity contribution in [3.63, 3.8) is 0 Å².